The van der Waals surface area contributed by atoms with Crippen LogP contribution in [0.3, 0.4) is 0 Å². The van der Waals surface area contributed by atoms with Crippen LogP contribution in [-0.2, 0) is 10.0 Å². The molecule has 1 aliphatic carbocycles. The summed E-state index contributed by atoms with van der Waals surface area (Å²) in [7, 11) is -3.70. The summed E-state index contributed by atoms with van der Waals surface area (Å²) in [6, 6.07) is 3.91. The number of nitrogens with zero attached hydrogens (tertiary/aromatic N) is 2. The van der Waals surface area contributed by atoms with Crippen LogP contribution < -0.4 is 10.0 Å². The van der Waals surface area contributed by atoms with Crippen LogP contribution in [0.15, 0.2) is 24.4 Å². The summed E-state index contributed by atoms with van der Waals surface area (Å²) in [5.41, 5.74) is 1.33. The van der Waals surface area contributed by atoms with Crippen LogP contribution in [0.5, 0.6) is 0 Å². The third-order valence-corrected chi connectivity index (χ3v) is 6.85. The molecule has 1 amide bonds. The molecule has 0 spiro atoms. The number of halogens is 2. The molecular formula is C20H21ClFN5O3S. The van der Waals surface area contributed by atoms with E-state index in [1.54, 1.807) is 19.9 Å². The van der Waals surface area contributed by atoms with Gasteiger partial charge < -0.3 is 5.32 Å². The second-order valence-corrected chi connectivity index (χ2v) is 10.2. The van der Waals surface area contributed by atoms with Crippen molar-refractivity contribution in [2.45, 2.75) is 32.6 Å². The van der Waals surface area contributed by atoms with Crippen LogP contribution in [0.4, 0.5) is 15.8 Å². The summed E-state index contributed by atoms with van der Waals surface area (Å²) in [6.45, 7) is 3.51. The number of hydrogen-bond acceptors (Lipinski definition) is 5. The van der Waals surface area contributed by atoms with Crippen molar-refractivity contribution in [1.82, 2.24) is 15.2 Å². The first-order valence-corrected chi connectivity index (χ1v) is 11.8. The van der Waals surface area contributed by atoms with E-state index in [0.717, 1.165) is 30.0 Å². The Morgan fingerprint density at radius 3 is 2.77 bits per heavy atom. The molecule has 31 heavy (non-hydrogen) atoms. The van der Waals surface area contributed by atoms with Gasteiger partial charge in [-0.15, -0.1) is 0 Å². The van der Waals surface area contributed by atoms with Gasteiger partial charge in [-0.05, 0) is 37.0 Å². The monoisotopic (exact) mass is 465 g/mol. The Morgan fingerprint density at radius 2 is 2.10 bits per heavy atom. The van der Waals surface area contributed by atoms with Crippen LogP contribution in [0.1, 0.15) is 48.7 Å². The number of aromatic amines is 1. The average Bonchev–Trinajstić information content (AvgIpc) is 3.42. The SMILES string of the molecule is CC(C)CS(=O)(=O)Nc1ccc(F)c(C(=O)Nc2cnc3n[nH]c(C4CC4)c3c2)c1Cl. The topological polar surface area (TPSA) is 117 Å². The van der Waals surface area contributed by atoms with Crippen molar-refractivity contribution in [2.24, 2.45) is 5.92 Å². The average molecular weight is 466 g/mol. The molecule has 4 rings (SSSR count). The molecule has 1 saturated carbocycles. The van der Waals surface area contributed by atoms with Gasteiger partial charge in [-0.2, -0.15) is 5.10 Å². The van der Waals surface area contributed by atoms with Gasteiger partial charge in [0.15, 0.2) is 5.65 Å². The van der Waals surface area contributed by atoms with E-state index in [2.05, 4.69) is 25.2 Å². The van der Waals surface area contributed by atoms with E-state index in [0.29, 0.717) is 17.3 Å². The Kier molecular flexibility index (Phi) is 5.61. The van der Waals surface area contributed by atoms with Gasteiger partial charge in [-0.25, -0.2) is 17.8 Å². The number of amides is 1. The van der Waals surface area contributed by atoms with Gasteiger partial charge in [0.25, 0.3) is 5.91 Å². The summed E-state index contributed by atoms with van der Waals surface area (Å²) >= 11 is 6.21. The maximum Gasteiger partial charge on any atom is 0.260 e. The molecular weight excluding hydrogens is 445 g/mol. The predicted octanol–water partition coefficient (Wildman–Crippen LogP) is 4.28. The lowest BCUT2D eigenvalue weighted by Gasteiger charge is -2.14. The Hall–Kier alpha value is -2.72. The number of rotatable bonds is 7. The van der Waals surface area contributed by atoms with Gasteiger partial charge in [0, 0.05) is 17.0 Å². The number of nitrogens with one attached hydrogen (secondary N) is 3. The molecule has 2 heterocycles. The van der Waals surface area contributed by atoms with Crippen molar-refractivity contribution >= 4 is 49.9 Å². The number of anilines is 2. The molecule has 0 bridgehead atoms. The number of benzene rings is 1. The van der Waals surface area contributed by atoms with Crippen LogP contribution in [0, 0.1) is 11.7 Å². The van der Waals surface area contributed by atoms with Crippen LogP contribution in [0.25, 0.3) is 11.0 Å². The fraction of sp³-hybridized carbons (Fsp3) is 0.350. The molecule has 0 radical (unpaired) electrons. The number of pyridine rings is 1. The molecule has 8 nitrogen and oxygen atoms in total. The summed E-state index contributed by atoms with van der Waals surface area (Å²) in [6.07, 6.45) is 3.54. The van der Waals surface area contributed by atoms with Crippen LogP contribution in [-0.4, -0.2) is 35.3 Å². The minimum absolute atomic E-state index is 0.0618. The van der Waals surface area contributed by atoms with Crippen molar-refractivity contribution in [1.29, 1.82) is 0 Å². The van der Waals surface area contributed by atoms with Crippen molar-refractivity contribution < 1.29 is 17.6 Å². The first-order chi connectivity index (χ1) is 14.6. The van der Waals surface area contributed by atoms with Gasteiger partial charge in [0.1, 0.15) is 5.82 Å². The Balaban J connectivity index is 1.61. The fourth-order valence-corrected chi connectivity index (χ4v) is 5.16. The molecule has 2 aromatic heterocycles. The molecule has 164 valence electrons. The zero-order chi connectivity index (χ0) is 22.3. The van der Waals surface area contributed by atoms with Crippen LogP contribution in [0.2, 0.25) is 5.02 Å². The first kappa shape index (κ1) is 21.5. The third-order valence-electron chi connectivity index (χ3n) is 4.82. The van der Waals surface area contributed by atoms with Gasteiger partial charge in [-0.3, -0.25) is 14.6 Å². The minimum Gasteiger partial charge on any atom is -0.320 e. The summed E-state index contributed by atoms with van der Waals surface area (Å²) in [5, 5.41) is 10.2. The second-order valence-electron chi connectivity index (χ2n) is 8.02. The zero-order valence-corrected chi connectivity index (χ0v) is 18.4. The largest absolute Gasteiger partial charge is 0.320 e. The molecule has 3 N–H and O–H groups in total. The maximum absolute atomic E-state index is 14.5. The Labute approximate surface area is 183 Å². The summed E-state index contributed by atoms with van der Waals surface area (Å²) in [4.78, 5) is 17.0. The highest BCUT2D eigenvalue weighted by Crippen LogP contribution is 2.42. The maximum atomic E-state index is 14.5. The van der Waals surface area contributed by atoms with Crippen molar-refractivity contribution in [3.63, 3.8) is 0 Å². The number of carbonyl (C=O) groups excluding carboxylic acids is 1. The van der Waals surface area contributed by atoms with Crippen LogP contribution >= 0.6 is 11.6 Å². The number of aromatic nitrogens is 3. The molecule has 1 aliphatic rings. The van der Waals surface area contributed by atoms with Crippen molar-refractivity contribution in [2.75, 3.05) is 15.8 Å². The Bertz CT molecular complexity index is 1270. The smallest absolute Gasteiger partial charge is 0.260 e. The highest BCUT2D eigenvalue weighted by atomic mass is 35.5. The molecule has 0 saturated heterocycles. The van der Waals surface area contributed by atoms with E-state index >= 15 is 0 Å². The molecule has 1 fully saturated rings. The normalized spacial score (nSPS) is 14.2. The quantitative estimate of drug-likeness (QED) is 0.481. The molecule has 3 aromatic rings. The zero-order valence-electron chi connectivity index (χ0n) is 16.9. The standard InChI is InChI=1S/C20H21ClFN5O3S/c1-10(2)9-31(29,30)27-15-6-5-14(22)16(17(15)21)20(28)24-12-7-13-18(11-3-4-11)25-26-19(13)23-8-12/h5-8,10-11,27H,3-4,9H2,1-2H3,(H,24,28)(H,23,25,26). The van der Waals surface area contributed by atoms with E-state index in [1.165, 1.54) is 12.3 Å². The molecule has 0 atom stereocenters. The third kappa shape index (κ3) is 4.64. The Morgan fingerprint density at radius 1 is 1.35 bits per heavy atom. The van der Waals surface area contributed by atoms with Crippen molar-refractivity contribution in [3.8, 4) is 0 Å². The van der Waals surface area contributed by atoms with E-state index < -0.39 is 27.3 Å². The van der Waals surface area contributed by atoms with E-state index in [4.69, 9.17) is 11.6 Å². The van der Waals surface area contributed by atoms with Gasteiger partial charge in [0.05, 0.1) is 33.9 Å². The first-order valence-electron chi connectivity index (χ1n) is 9.78. The fourth-order valence-electron chi connectivity index (χ4n) is 3.35. The molecule has 11 heteroatoms. The van der Waals surface area contributed by atoms with Gasteiger partial charge >= 0.3 is 0 Å². The predicted molar refractivity (Wildman–Crippen MR) is 117 cm³/mol. The summed E-state index contributed by atoms with van der Waals surface area (Å²) in [5.74, 6) is -1.54. The van der Waals surface area contributed by atoms with E-state index in [9.17, 15) is 17.6 Å². The highest BCUT2D eigenvalue weighted by molar-refractivity contribution is 7.92. The minimum atomic E-state index is -3.70. The lowest BCUT2D eigenvalue weighted by atomic mass is 10.1. The van der Waals surface area contributed by atoms with E-state index in [1.807, 2.05) is 0 Å². The number of sulfonamides is 1. The molecule has 0 aliphatic heterocycles. The van der Waals surface area contributed by atoms with Crippen molar-refractivity contribution in [3.05, 3.63) is 46.5 Å². The number of hydrogen-bond donors (Lipinski definition) is 3. The second kappa shape index (κ2) is 8.08. The number of H-pyrrole nitrogens is 1. The highest BCUT2D eigenvalue weighted by Gasteiger charge is 2.28. The molecule has 0 unspecified atom stereocenters. The summed E-state index contributed by atoms with van der Waals surface area (Å²) < 4.78 is 41.2. The lowest BCUT2D eigenvalue weighted by Crippen LogP contribution is -2.21. The lowest BCUT2D eigenvalue weighted by molar-refractivity contribution is 0.102. The van der Waals surface area contributed by atoms with E-state index in [-0.39, 0.29) is 22.4 Å². The van der Waals surface area contributed by atoms with Gasteiger partial charge in [-0.1, -0.05) is 25.4 Å². The number of carbonyl (C=O) groups is 1. The number of fused-ring (bicyclic) bond motifs is 1. The van der Waals surface area contributed by atoms with Gasteiger partial charge in [0.2, 0.25) is 10.0 Å². The molecule has 1 aromatic carbocycles.